The predicted octanol–water partition coefficient (Wildman–Crippen LogP) is -3.12. The molecule has 1 aliphatic rings. The van der Waals surface area contributed by atoms with E-state index in [2.05, 4.69) is 0 Å². The molecule has 0 aromatic rings. The summed E-state index contributed by atoms with van der Waals surface area (Å²) in [4.78, 5) is 10.6. The first kappa shape index (κ1) is 11.3. The molecule has 7 heteroatoms. The third-order valence-corrected chi connectivity index (χ3v) is 2.22. The number of carboxylic acids is 1. The van der Waals surface area contributed by atoms with Crippen molar-refractivity contribution in [1.29, 1.82) is 0 Å². The normalized spacial score (nSPS) is 43.6. The third kappa shape index (κ3) is 1.86. The van der Waals surface area contributed by atoms with Crippen LogP contribution in [0.1, 0.15) is 0 Å². The first-order valence-corrected chi connectivity index (χ1v) is 4.10. The Kier molecular flexibility index (Phi) is 3.40. The van der Waals surface area contributed by atoms with Crippen molar-refractivity contribution in [2.24, 2.45) is 5.73 Å². The molecule has 0 spiro atoms. The minimum atomic E-state index is -1.41. The molecule has 0 amide bonds. The Hall–Kier alpha value is -0.730. The number of ether oxygens (including phenoxy) is 1. The molecule has 1 aliphatic heterocycles. The van der Waals surface area contributed by atoms with Gasteiger partial charge in [0.2, 0.25) is 0 Å². The van der Waals surface area contributed by atoms with Gasteiger partial charge in [-0.15, -0.1) is 0 Å². The van der Waals surface area contributed by atoms with Crippen LogP contribution >= 0.6 is 0 Å². The van der Waals surface area contributed by atoms with E-state index in [4.69, 9.17) is 20.7 Å². The van der Waals surface area contributed by atoms with Crippen molar-refractivity contribution in [2.75, 3.05) is 6.61 Å². The first-order valence-electron chi connectivity index (χ1n) is 4.10. The minimum absolute atomic E-state index is 0.575. The van der Waals surface area contributed by atoms with Gasteiger partial charge in [-0.2, -0.15) is 0 Å². The van der Waals surface area contributed by atoms with E-state index in [0.29, 0.717) is 0 Å². The second kappa shape index (κ2) is 4.20. The van der Waals surface area contributed by atoms with Crippen LogP contribution in [0.5, 0.6) is 0 Å². The molecule has 14 heavy (non-hydrogen) atoms. The number of hydrogen-bond donors (Lipinski definition) is 5. The molecule has 6 N–H and O–H groups in total. The quantitative estimate of drug-likeness (QED) is 0.323. The molecule has 1 rings (SSSR count). The van der Waals surface area contributed by atoms with Crippen molar-refractivity contribution in [3.63, 3.8) is 0 Å². The summed E-state index contributed by atoms with van der Waals surface area (Å²) in [5, 5.41) is 36.0. The molecule has 7 nitrogen and oxygen atoms in total. The lowest BCUT2D eigenvalue weighted by molar-refractivity contribution is -0.202. The van der Waals surface area contributed by atoms with Gasteiger partial charge >= 0.3 is 5.97 Å². The van der Waals surface area contributed by atoms with Gasteiger partial charge < -0.3 is 30.9 Å². The Bertz CT molecular complexity index is 220. The van der Waals surface area contributed by atoms with E-state index in [1.165, 1.54) is 0 Å². The fourth-order valence-corrected chi connectivity index (χ4v) is 1.36. The topological polar surface area (TPSA) is 133 Å². The van der Waals surface area contributed by atoms with Crippen molar-refractivity contribution in [2.45, 2.75) is 30.5 Å². The van der Waals surface area contributed by atoms with E-state index >= 15 is 0 Å². The molecule has 82 valence electrons. The third-order valence-electron chi connectivity index (χ3n) is 2.22. The standard InChI is InChI=1S/C7H13NO6/c8-3-5(11)4(10)2(1-9)14-6(3)7(12)13/h2-6,9-11H,1,8H2,(H,12,13)/t2?,3?,4-,5-,6-/m1/s1. The first-order chi connectivity index (χ1) is 6.49. The highest BCUT2D eigenvalue weighted by Crippen LogP contribution is 2.19. The second-order valence-electron chi connectivity index (χ2n) is 3.17. The number of rotatable bonds is 2. The van der Waals surface area contributed by atoms with Gasteiger partial charge in [-0.05, 0) is 0 Å². The number of carboxylic acid groups (broad SMARTS) is 1. The van der Waals surface area contributed by atoms with Crippen LogP contribution in [-0.2, 0) is 9.53 Å². The van der Waals surface area contributed by atoms with Crippen molar-refractivity contribution < 1.29 is 30.0 Å². The van der Waals surface area contributed by atoms with Gasteiger partial charge in [0, 0.05) is 0 Å². The molecular formula is C7H13NO6. The van der Waals surface area contributed by atoms with Crippen LogP contribution in [0.25, 0.3) is 0 Å². The Morgan fingerprint density at radius 3 is 2.36 bits per heavy atom. The Labute approximate surface area is 79.7 Å². The summed E-state index contributed by atoms with van der Waals surface area (Å²) in [6.45, 7) is -0.575. The molecule has 0 bridgehead atoms. The highest BCUT2D eigenvalue weighted by molar-refractivity contribution is 5.73. The second-order valence-corrected chi connectivity index (χ2v) is 3.17. The van der Waals surface area contributed by atoms with Gasteiger partial charge in [-0.3, -0.25) is 0 Å². The number of nitrogens with two attached hydrogens (primary N) is 1. The van der Waals surface area contributed by atoms with E-state index in [9.17, 15) is 15.0 Å². The van der Waals surface area contributed by atoms with Gasteiger partial charge in [-0.25, -0.2) is 4.79 Å². The van der Waals surface area contributed by atoms with Gasteiger partial charge in [0.15, 0.2) is 6.10 Å². The Morgan fingerprint density at radius 1 is 1.36 bits per heavy atom. The maximum atomic E-state index is 10.6. The van der Waals surface area contributed by atoms with Gasteiger partial charge in [0.25, 0.3) is 0 Å². The number of aliphatic carboxylic acids is 1. The maximum Gasteiger partial charge on any atom is 0.334 e. The van der Waals surface area contributed by atoms with Crippen molar-refractivity contribution in [1.82, 2.24) is 0 Å². The molecule has 0 radical (unpaired) electrons. The smallest absolute Gasteiger partial charge is 0.334 e. The van der Waals surface area contributed by atoms with Crippen LogP contribution in [0, 0.1) is 0 Å². The molecule has 5 atom stereocenters. The molecule has 0 aromatic heterocycles. The number of hydrogen-bond acceptors (Lipinski definition) is 6. The van der Waals surface area contributed by atoms with E-state index < -0.39 is 43.0 Å². The van der Waals surface area contributed by atoms with Crippen LogP contribution in [0.4, 0.5) is 0 Å². The fraction of sp³-hybridized carbons (Fsp3) is 0.857. The van der Waals surface area contributed by atoms with Crippen molar-refractivity contribution >= 4 is 5.97 Å². The Morgan fingerprint density at radius 2 is 1.93 bits per heavy atom. The van der Waals surface area contributed by atoms with Crippen LogP contribution < -0.4 is 5.73 Å². The average Bonchev–Trinajstić information content (AvgIpc) is 2.14. The van der Waals surface area contributed by atoms with Crippen LogP contribution in [-0.4, -0.2) is 63.5 Å². The van der Waals surface area contributed by atoms with Crippen molar-refractivity contribution in [3.8, 4) is 0 Å². The van der Waals surface area contributed by atoms with E-state index in [1.54, 1.807) is 0 Å². The zero-order chi connectivity index (χ0) is 10.9. The summed E-state index contributed by atoms with van der Waals surface area (Å²) in [5.74, 6) is -1.33. The summed E-state index contributed by atoms with van der Waals surface area (Å²) in [6.07, 6.45) is -5.32. The molecular weight excluding hydrogens is 194 g/mol. The van der Waals surface area contributed by atoms with Crippen LogP contribution in [0.15, 0.2) is 0 Å². The van der Waals surface area contributed by atoms with Crippen LogP contribution in [0.3, 0.4) is 0 Å². The van der Waals surface area contributed by atoms with E-state index in [1.807, 2.05) is 0 Å². The monoisotopic (exact) mass is 207 g/mol. The summed E-state index contributed by atoms with van der Waals surface area (Å²) >= 11 is 0. The average molecular weight is 207 g/mol. The molecule has 1 fully saturated rings. The molecule has 0 aliphatic carbocycles. The highest BCUT2D eigenvalue weighted by atomic mass is 16.5. The SMILES string of the molecule is NC1[C@@H](O)[C@H](O)C(CO)O[C@H]1C(=O)O. The molecule has 2 unspecified atom stereocenters. The Balaban J connectivity index is 2.78. The number of aliphatic hydroxyl groups is 3. The lowest BCUT2D eigenvalue weighted by atomic mass is 9.93. The lowest BCUT2D eigenvalue weighted by Crippen LogP contribution is -2.63. The zero-order valence-corrected chi connectivity index (χ0v) is 7.28. The summed E-state index contributed by atoms with van der Waals surface area (Å²) < 4.78 is 4.81. The van der Waals surface area contributed by atoms with Crippen LogP contribution in [0.2, 0.25) is 0 Å². The zero-order valence-electron chi connectivity index (χ0n) is 7.28. The molecule has 1 saturated heterocycles. The molecule has 0 saturated carbocycles. The van der Waals surface area contributed by atoms with Gasteiger partial charge in [-0.1, -0.05) is 0 Å². The number of carbonyl (C=O) groups is 1. The highest BCUT2D eigenvalue weighted by Gasteiger charge is 2.45. The van der Waals surface area contributed by atoms with Gasteiger partial charge in [0.1, 0.15) is 18.3 Å². The largest absolute Gasteiger partial charge is 0.479 e. The minimum Gasteiger partial charge on any atom is -0.479 e. The predicted molar refractivity (Wildman–Crippen MR) is 43.4 cm³/mol. The summed E-state index contributed by atoms with van der Waals surface area (Å²) in [5.41, 5.74) is 5.33. The van der Waals surface area contributed by atoms with E-state index in [0.717, 1.165) is 0 Å². The summed E-state index contributed by atoms with van der Waals surface area (Å²) in [6, 6.07) is -1.20. The summed E-state index contributed by atoms with van der Waals surface area (Å²) in [7, 11) is 0. The van der Waals surface area contributed by atoms with Crippen molar-refractivity contribution in [3.05, 3.63) is 0 Å². The fourth-order valence-electron chi connectivity index (χ4n) is 1.36. The molecule has 0 aromatic carbocycles. The van der Waals surface area contributed by atoms with Gasteiger partial charge in [0.05, 0.1) is 12.6 Å². The molecule has 1 heterocycles. The van der Waals surface area contributed by atoms with E-state index in [-0.39, 0.29) is 0 Å². The maximum absolute atomic E-state index is 10.6. The number of aliphatic hydroxyl groups excluding tert-OH is 3. The lowest BCUT2D eigenvalue weighted by Gasteiger charge is -2.38.